The number of aliphatic hydroxyl groups excluding tert-OH is 2. The summed E-state index contributed by atoms with van der Waals surface area (Å²) in [5.74, 6) is 0.100. The van der Waals surface area contributed by atoms with Gasteiger partial charge in [-0.3, -0.25) is 4.79 Å². The molecule has 3 heteroatoms. The summed E-state index contributed by atoms with van der Waals surface area (Å²) in [4.78, 5) is 12.6. The Kier molecular flexibility index (Phi) is 3.84. The van der Waals surface area contributed by atoms with Gasteiger partial charge in [0.25, 0.3) is 0 Å². The maximum atomic E-state index is 12.6. The van der Waals surface area contributed by atoms with E-state index in [0.29, 0.717) is 0 Å². The van der Waals surface area contributed by atoms with Crippen LogP contribution < -0.4 is 0 Å². The minimum absolute atomic E-state index is 0.0738. The average molecular weight is 254 g/mol. The van der Waals surface area contributed by atoms with Crippen molar-refractivity contribution in [1.82, 2.24) is 0 Å². The fourth-order valence-electron chi connectivity index (χ4n) is 3.70. The Hall–Kier alpha value is -0.410. The molecule has 18 heavy (non-hydrogen) atoms. The van der Waals surface area contributed by atoms with Gasteiger partial charge < -0.3 is 10.2 Å². The van der Waals surface area contributed by atoms with E-state index in [2.05, 4.69) is 0 Å². The lowest BCUT2D eigenvalue weighted by Crippen LogP contribution is -2.50. The van der Waals surface area contributed by atoms with Gasteiger partial charge in [0.05, 0.1) is 0 Å². The number of carbonyl (C=O) groups excluding carboxylic acids is 1. The fraction of sp³-hybridized carbons (Fsp3) is 0.933. The summed E-state index contributed by atoms with van der Waals surface area (Å²) in [5, 5.41) is 19.1. The van der Waals surface area contributed by atoms with E-state index in [-0.39, 0.29) is 41.7 Å². The van der Waals surface area contributed by atoms with Crippen LogP contribution in [-0.4, -0.2) is 29.2 Å². The maximum absolute atomic E-state index is 12.6. The Morgan fingerprint density at radius 1 is 0.944 bits per heavy atom. The van der Waals surface area contributed by atoms with E-state index in [9.17, 15) is 15.0 Å². The van der Waals surface area contributed by atoms with Crippen LogP contribution in [0.5, 0.6) is 0 Å². The zero-order valence-electron chi connectivity index (χ0n) is 11.6. The first-order chi connectivity index (χ1) is 8.51. The molecule has 0 aliphatic heterocycles. The number of ketones is 1. The highest BCUT2D eigenvalue weighted by Crippen LogP contribution is 2.52. The van der Waals surface area contributed by atoms with Crippen molar-refractivity contribution in [2.24, 2.45) is 22.7 Å². The highest BCUT2D eigenvalue weighted by molar-refractivity contribution is 5.84. The Balaban J connectivity index is 2.06. The number of aliphatic hydroxyl groups is 2. The molecule has 3 nitrogen and oxygen atoms in total. The van der Waals surface area contributed by atoms with Crippen molar-refractivity contribution in [3.05, 3.63) is 0 Å². The van der Waals surface area contributed by atoms with Crippen molar-refractivity contribution in [2.45, 2.75) is 52.4 Å². The third-order valence-electron chi connectivity index (χ3n) is 6.02. The molecule has 0 aromatic carbocycles. The molecule has 0 heterocycles. The molecule has 0 amide bonds. The third kappa shape index (κ3) is 1.92. The van der Waals surface area contributed by atoms with E-state index in [1.807, 2.05) is 13.8 Å². The molecule has 2 fully saturated rings. The molecule has 0 spiro atoms. The van der Waals surface area contributed by atoms with Gasteiger partial charge in [-0.2, -0.15) is 0 Å². The second-order valence-electron chi connectivity index (χ2n) is 6.59. The lowest BCUT2D eigenvalue weighted by molar-refractivity contribution is -0.144. The highest BCUT2D eigenvalue weighted by atomic mass is 16.3. The van der Waals surface area contributed by atoms with E-state index in [0.717, 1.165) is 38.5 Å². The van der Waals surface area contributed by atoms with E-state index in [1.54, 1.807) is 0 Å². The molecule has 0 radical (unpaired) electrons. The SMILES string of the molecule is CC(C(=O)C(C)C1(CO)CCC1)C1(CO)CCC1. The number of carbonyl (C=O) groups is 1. The lowest BCUT2D eigenvalue weighted by atomic mass is 9.55. The molecule has 2 rings (SSSR count). The summed E-state index contributed by atoms with van der Waals surface area (Å²) in [7, 11) is 0. The summed E-state index contributed by atoms with van der Waals surface area (Å²) in [6.07, 6.45) is 6.12. The predicted octanol–water partition coefficient (Wildman–Crippen LogP) is 2.15. The van der Waals surface area contributed by atoms with Crippen LogP contribution in [0.3, 0.4) is 0 Å². The van der Waals surface area contributed by atoms with Crippen molar-refractivity contribution >= 4 is 5.78 Å². The molecule has 104 valence electrons. The van der Waals surface area contributed by atoms with Crippen molar-refractivity contribution in [1.29, 1.82) is 0 Å². The van der Waals surface area contributed by atoms with E-state index in [1.165, 1.54) is 0 Å². The predicted molar refractivity (Wildman–Crippen MR) is 70.1 cm³/mol. The standard InChI is InChI=1S/C15H26O3/c1-11(14(9-16)5-3-6-14)13(18)12(2)15(10-17)7-4-8-15/h11-12,16-17H,3-10H2,1-2H3. The Labute approximate surface area is 110 Å². The van der Waals surface area contributed by atoms with Gasteiger partial charge in [-0.15, -0.1) is 0 Å². The molecule has 2 aliphatic carbocycles. The second kappa shape index (κ2) is 4.93. The number of hydrogen-bond donors (Lipinski definition) is 2. The summed E-state index contributed by atoms with van der Waals surface area (Å²) in [5.41, 5.74) is -0.322. The molecule has 2 N–H and O–H groups in total. The molecule has 0 aromatic heterocycles. The Morgan fingerprint density at radius 3 is 1.44 bits per heavy atom. The van der Waals surface area contributed by atoms with Gasteiger partial charge >= 0.3 is 0 Å². The zero-order chi connectivity index (χ0) is 13.4. The quantitative estimate of drug-likeness (QED) is 0.763. The summed E-state index contributed by atoms with van der Waals surface area (Å²) in [6.45, 7) is 4.19. The normalized spacial score (nSPS) is 27.8. The molecular weight excluding hydrogens is 228 g/mol. The Bertz CT molecular complexity index is 275. The van der Waals surface area contributed by atoms with Gasteiger partial charge in [-0.25, -0.2) is 0 Å². The monoisotopic (exact) mass is 254 g/mol. The molecule has 0 bridgehead atoms. The third-order valence-corrected chi connectivity index (χ3v) is 6.02. The average Bonchev–Trinajstić information content (AvgIpc) is 2.26. The summed E-state index contributed by atoms with van der Waals surface area (Å²) < 4.78 is 0. The van der Waals surface area contributed by atoms with Gasteiger partial charge in [0.2, 0.25) is 0 Å². The molecule has 2 atom stereocenters. The van der Waals surface area contributed by atoms with Gasteiger partial charge in [0, 0.05) is 35.9 Å². The molecule has 0 aromatic rings. The van der Waals surface area contributed by atoms with Crippen LogP contribution in [0.4, 0.5) is 0 Å². The van der Waals surface area contributed by atoms with Crippen molar-refractivity contribution in [3.63, 3.8) is 0 Å². The number of rotatable bonds is 6. The van der Waals surface area contributed by atoms with Crippen LogP contribution in [0.2, 0.25) is 0 Å². The lowest BCUT2D eigenvalue weighted by Gasteiger charge is -2.49. The van der Waals surface area contributed by atoms with Crippen molar-refractivity contribution in [3.8, 4) is 0 Å². The number of hydrogen-bond acceptors (Lipinski definition) is 3. The molecule has 2 aliphatic rings. The fourth-order valence-corrected chi connectivity index (χ4v) is 3.70. The topological polar surface area (TPSA) is 57.5 Å². The first-order valence-electron chi connectivity index (χ1n) is 7.27. The van der Waals surface area contributed by atoms with E-state index >= 15 is 0 Å². The van der Waals surface area contributed by atoms with Crippen LogP contribution in [-0.2, 0) is 4.79 Å². The molecular formula is C15H26O3. The molecule has 0 saturated heterocycles. The number of Topliss-reactive ketones (excluding diaryl/α,β-unsaturated/α-hetero) is 1. The minimum Gasteiger partial charge on any atom is -0.396 e. The highest BCUT2D eigenvalue weighted by Gasteiger charge is 2.50. The van der Waals surface area contributed by atoms with Gasteiger partial charge in [-0.1, -0.05) is 26.7 Å². The van der Waals surface area contributed by atoms with Crippen molar-refractivity contribution < 1.29 is 15.0 Å². The first-order valence-corrected chi connectivity index (χ1v) is 7.27. The largest absolute Gasteiger partial charge is 0.396 e. The van der Waals surface area contributed by atoms with Gasteiger partial charge in [-0.05, 0) is 25.7 Å². The van der Waals surface area contributed by atoms with Crippen LogP contribution in [0.1, 0.15) is 52.4 Å². The summed E-state index contributed by atoms with van der Waals surface area (Å²) in [6, 6.07) is 0. The Morgan fingerprint density at radius 2 is 1.28 bits per heavy atom. The first kappa shape index (κ1) is 14.0. The molecule has 2 saturated carbocycles. The maximum Gasteiger partial charge on any atom is 0.139 e. The van der Waals surface area contributed by atoms with E-state index in [4.69, 9.17) is 0 Å². The van der Waals surface area contributed by atoms with Crippen molar-refractivity contribution in [2.75, 3.05) is 13.2 Å². The van der Waals surface area contributed by atoms with Crippen LogP contribution in [0.15, 0.2) is 0 Å². The van der Waals surface area contributed by atoms with Gasteiger partial charge in [0.1, 0.15) is 5.78 Å². The second-order valence-corrected chi connectivity index (χ2v) is 6.59. The van der Waals surface area contributed by atoms with E-state index < -0.39 is 0 Å². The minimum atomic E-state index is -0.161. The van der Waals surface area contributed by atoms with Crippen LogP contribution >= 0.6 is 0 Å². The van der Waals surface area contributed by atoms with Gasteiger partial charge in [0.15, 0.2) is 0 Å². The van der Waals surface area contributed by atoms with Crippen LogP contribution in [0, 0.1) is 22.7 Å². The zero-order valence-corrected chi connectivity index (χ0v) is 11.6. The van der Waals surface area contributed by atoms with Crippen LogP contribution in [0.25, 0.3) is 0 Å². The molecule has 2 unspecified atom stereocenters. The smallest absolute Gasteiger partial charge is 0.139 e. The summed E-state index contributed by atoms with van der Waals surface area (Å²) >= 11 is 0.